The zero-order valence-corrected chi connectivity index (χ0v) is 38.9. The zero-order chi connectivity index (χ0) is 44.2. The predicted octanol–water partition coefficient (Wildman–Crippen LogP) is 13.2. The minimum Gasteiger partial charge on any atom is -0.480 e. The molecule has 3 atom stereocenters. The van der Waals surface area contributed by atoms with Gasteiger partial charge in [0.05, 0.1) is 13.2 Å². The lowest BCUT2D eigenvalue weighted by Crippen LogP contribution is -2.34. The molecule has 12 heteroatoms. The van der Waals surface area contributed by atoms with Crippen LogP contribution in [-0.2, 0) is 37.5 Å². The zero-order valence-electron chi connectivity index (χ0n) is 38.1. The summed E-state index contributed by atoms with van der Waals surface area (Å²) in [5.41, 5.74) is 5.34. The molecule has 0 amide bonds. The van der Waals surface area contributed by atoms with Crippen LogP contribution in [0, 0.1) is 0 Å². The molecule has 11 nitrogen and oxygen atoms in total. The highest BCUT2D eigenvalue weighted by Gasteiger charge is 2.28. The van der Waals surface area contributed by atoms with Crippen molar-refractivity contribution in [3.63, 3.8) is 0 Å². The van der Waals surface area contributed by atoms with Gasteiger partial charge in [-0.3, -0.25) is 23.4 Å². The third-order valence-corrected chi connectivity index (χ3v) is 11.3. The first-order chi connectivity index (χ1) is 29.1. The molecule has 0 fully saturated rings. The van der Waals surface area contributed by atoms with Crippen molar-refractivity contribution in [3.8, 4) is 0 Å². The number of phosphoric ester groups is 1. The Morgan fingerprint density at radius 1 is 0.517 bits per heavy atom. The smallest absolute Gasteiger partial charge is 0.472 e. The third kappa shape index (κ3) is 42.4. The van der Waals surface area contributed by atoms with Crippen LogP contribution < -0.4 is 5.73 Å². The number of allylic oxidation sites excluding steroid dienone is 6. The molecule has 0 aromatic rings. The molecule has 350 valence electrons. The van der Waals surface area contributed by atoms with Gasteiger partial charge in [-0.25, -0.2) is 4.57 Å². The van der Waals surface area contributed by atoms with Crippen molar-refractivity contribution in [2.45, 2.75) is 231 Å². The Kier molecular flexibility index (Phi) is 41.7. The van der Waals surface area contributed by atoms with Crippen molar-refractivity contribution < 1.29 is 47.5 Å². The van der Waals surface area contributed by atoms with Crippen molar-refractivity contribution in [1.29, 1.82) is 0 Å². The minimum absolute atomic E-state index is 0.152. The normalized spacial score (nSPS) is 13.9. The van der Waals surface area contributed by atoms with Gasteiger partial charge >= 0.3 is 25.7 Å². The van der Waals surface area contributed by atoms with Gasteiger partial charge in [-0.2, -0.15) is 0 Å². The van der Waals surface area contributed by atoms with Crippen LogP contribution in [0.25, 0.3) is 0 Å². The molecule has 4 N–H and O–H groups in total. The summed E-state index contributed by atoms with van der Waals surface area (Å²) in [5.74, 6) is -2.43. The number of aliphatic carboxylic acids is 1. The first kappa shape index (κ1) is 57.7. The molecule has 0 aromatic heterocycles. The van der Waals surface area contributed by atoms with Crippen LogP contribution in [0.3, 0.4) is 0 Å². The maximum absolute atomic E-state index is 12.7. The van der Waals surface area contributed by atoms with Crippen LogP contribution in [0.2, 0.25) is 0 Å². The average molecular weight is 870 g/mol. The summed E-state index contributed by atoms with van der Waals surface area (Å²) in [7, 11) is -4.73. The Balaban J connectivity index is 4.35. The van der Waals surface area contributed by atoms with Gasteiger partial charge in [0.15, 0.2) is 6.10 Å². The van der Waals surface area contributed by atoms with Gasteiger partial charge in [0.25, 0.3) is 0 Å². The van der Waals surface area contributed by atoms with Crippen molar-refractivity contribution >= 4 is 25.7 Å². The Morgan fingerprint density at radius 2 is 0.900 bits per heavy atom. The van der Waals surface area contributed by atoms with E-state index in [1.165, 1.54) is 135 Å². The van der Waals surface area contributed by atoms with E-state index in [1.807, 2.05) is 6.08 Å². The lowest BCUT2D eigenvalue weighted by atomic mass is 10.0. The van der Waals surface area contributed by atoms with Gasteiger partial charge in [-0.15, -0.1) is 0 Å². The molecule has 0 aliphatic rings. The monoisotopic (exact) mass is 870 g/mol. The van der Waals surface area contributed by atoms with E-state index in [-0.39, 0.29) is 19.4 Å². The molecule has 0 saturated heterocycles. The maximum Gasteiger partial charge on any atom is 0.472 e. The number of nitrogens with two attached hydrogens (primary N) is 1. The molecular weight excluding hydrogens is 781 g/mol. The van der Waals surface area contributed by atoms with E-state index in [1.54, 1.807) is 0 Å². The molecule has 0 aromatic carbocycles. The number of carboxylic acids is 1. The number of unbranched alkanes of at least 4 members (excludes halogenated alkanes) is 25. The van der Waals surface area contributed by atoms with Crippen molar-refractivity contribution in [2.24, 2.45) is 5.73 Å². The number of ether oxygens (including phenoxy) is 2. The third-order valence-electron chi connectivity index (χ3n) is 10.4. The van der Waals surface area contributed by atoms with Gasteiger partial charge < -0.3 is 25.2 Å². The van der Waals surface area contributed by atoms with Gasteiger partial charge in [0.2, 0.25) is 0 Å². The fourth-order valence-electron chi connectivity index (χ4n) is 6.61. The average Bonchev–Trinajstić information content (AvgIpc) is 3.22. The molecule has 0 heterocycles. The first-order valence-electron chi connectivity index (χ1n) is 24.0. The van der Waals surface area contributed by atoms with Crippen LogP contribution in [0.4, 0.5) is 0 Å². The van der Waals surface area contributed by atoms with Crippen molar-refractivity contribution in [1.82, 2.24) is 0 Å². The second kappa shape index (κ2) is 43.4. The van der Waals surface area contributed by atoms with E-state index in [4.69, 9.17) is 24.8 Å². The standard InChI is InChI=1S/C48H88NO10P/c1-3-5-7-9-11-13-15-17-19-21-22-24-26-28-30-32-34-36-38-40-47(51)59-44(42-57-60(54,55)58-43-45(49)48(52)53)41-56-46(50)39-37-35-33-31-29-27-25-23-20-18-16-14-12-10-8-6-4-2/h18,20,25,27,31,33,44-45H,3-17,19,21-24,26,28-30,32,34-43,49H2,1-2H3,(H,52,53)(H,54,55)/b20-18+,27-25+,33-31+/t44-,45+/m1/s1. The summed E-state index contributed by atoms with van der Waals surface area (Å²) >= 11 is 0. The van der Waals surface area contributed by atoms with E-state index in [0.717, 1.165) is 38.5 Å². The number of esters is 2. The fourth-order valence-corrected chi connectivity index (χ4v) is 7.39. The SMILES string of the molecule is CCCCCCCC/C=C/C/C=C/C/C=C/CCCC(=O)OC[C@H](COP(=O)(O)OC[C@H](N)C(=O)O)OC(=O)CCCCCCCCCCCCCCCCCCCCC. The van der Waals surface area contributed by atoms with E-state index in [2.05, 4.69) is 48.8 Å². The summed E-state index contributed by atoms with van der Waals surface area (Å²) in [6, 6.07) is -1.53. The largest absolute Gasteiger partial charge is 0.480 e. The van der Waals surface area contributed by atoms with Crippen LogP contribution in [-0.4, -0.2) is 59.9 Å². The van der Waals surface area contributed by atoms with E-state index in [0.29, 0.717) is 19.3 Å². The van der Waals surface area contributed by atoms with Crippen molar-refractivity contribution in [3.05, 3.63) is 36.5 Å². The Labute approximate surface area is 365 Å². The summed E-state index contributed by atoms with van der Waals surface area (Å²) < 4.78 is 32.7. The summed E-state index contributed by atoms with van der Waals surface area (Å²) in [6.45, 7) is 2.78. The molecular formula is C48H88NO10P. The number of hydrogen-bond acceptors (Lipinski definition) is 9. The topological polar surface area (TPSA) is 172 Å². The molecule has 1 unspecified atom stereocenters. The van der Waals surface area contributed by atoms with Crippen LogP contribution in [0.1, 0.15) is 219 Å². The second-order valence-corrected chi connectivity index (χ2v) is 17.7. The van der Waals surface area contributed by atoms with Crippen LogP contribution in [0.15, 0.2) is 36.5 Å². The van der Waals surface area contributed by atoms with Gasteiger partial charge in [-0.05, 0) is 44.9 Å². The van der Waals surface area contributed by atoms with E-state index >= 15 is 0 Å². The van der Waals surface area contributed by atoms with Crippen LogP contribution >= 0.6 is 7.82 Å². The second-order valence-electron chi connectivity index (χ2n) is 16.2. The van der Waals surface area contributed by atoms with E-state index < -0.39 is 51.1 Å². The highest BCUT2D eigenvalue weighted by molar-refractivity contribution is 7.47. The number of carbonyl (C=O) groups excluding carboxylic acids is 2. The predicted molar refractivity (Wildman–Crippen MR) is 245 cm³/mol. The summed E-state index contributed by atoms with van der Waals surface area (Å²) in [6.07, 6.45) is 47.9. The molecule has 0 rings (SSSR count). The summed E-state index contributed by atoms with van der Waals surface area (Å²) in [4.78, 5) is 46.0. The number of carboxylic acid groups (broad SMARTS) is 1. The minimum atomic E-state index is -4.73. The van der Waals surface area contributed by atoms with Gasteiger partial charge in [0.1, 0.15) is 12.6 Å². The highest BCUT2D eigenvalue weighted by Crippen LogP contribution is 2.43. The number of carbonyl (C=O) groups is 3. The number of rotatable bonds is 45. The fraction of sp³-hybridized carbons (Fsp3) is 0.812. The van der Waals surface area contributed by atoms with E-state index in [9.17, 15) is 23.8 Å². The lowest BCUT2D eigenvalue weighted by molar-refractivity contribution is -0.161. The van der Waals surface area contributed by atoms with Crippen LogP contribution in [0.5, 0.6) is 0 Å². The van der Waals surface area contributed by atoms with Gasteiger partial charge in [0, 0.05) is 12.8 Å². The number of phosphoric acid groups is 1. The van der Waals surface area contributed by atoms with Gasteiger partial charge in [-0.1, -0.05) is 198 Å². The summed E-state index contributed by atoms with van der Waals surface area (Å²) in [5, 5.41) is 8.90. The molecule has 0 aliphatic heterocycles. The molecule has 0 spiro atoms. The highest BCUT2D eigenvalue weighted by atomic mass is 31.2. The molecule has 0 aliphatic carbocycles. The Morgan fingerprint density at radius 3 is 1.37 bits per heavy atom. The molecule has 0 bridgehead atoms. The quantitative estimate of drug-likeness (QED) is 0.0230. The maximum atomic E-state index is 12.7. The van der Waals surface area contributed by atoms with Crippen molar-refractivity contribution in [2.75, 3.05) is 19.8 Å². The lowest BCUT2D eigenvalue weighted by Gasteiger charge is -2.20. The molecule has 0 radical (unpaired) electrons. The Hall–Kier alpha value is -2.30. The number of hydrogen-bond donors (Lipinski definition) is 3. The molecule has 60 heavy (non-hydrogen) atoms. The Bertz CT molecular complexity index is 1160. The first-order valence-corrected chi connectivity index (χ1v) is 25.5. The molecule has 0 saturated carbocycles.